The fourth-order valence-electron chi connectivity index (χ4n) is 1.39. The van der Waals surface area contributed by atoms with Crippen LogP contribution in [-0.2, 0) is 4.79 Å². The van der Waals surface area contributed by atoms with Crippen molar-refractivity contribution in [2.45, 2.75) is 9.92 Å². The maximum absolute atomic E-state index is 10.6. The van der Waals surface area contributed by atoms with Crippen molar-refractivity contribution < 1.29 is 9.90 Å². The summed E-state index contributed by atoms with van der Waals surface area (Å²) in [6, 6.07) is 11.0. The van der Waals surface area contributed by atoms with Crippen LogP contribution >= 0.6 is 23.4 Å². The number of aromatic nitrogens is 1. The van der Waals surface area contributed by atoms with E-state index in [0.717, 1.165) is 21.6 Å². The largest absolute Gasteiger partial charge is 0.478 e. The number of carboxylic acid groups (broad SMARTS) is 1. The van der Waals surface area contributed by atoms with Crippen molar-refractivity contribution in [3.8, 4) is 0 Å². The summed E-state index contributed by atoms with van der Waals surface area (Å²) in [7, 11) is 0. The molecule has 1 aromatic heterocycles. The lowest BCUT2D eigenvalue weighted by Crippen LogP contribution is -1.88. The molecule has 19 heavy (non-hydrogen) atoms. The number of halogens is 1. The molecule has 0 aliphatic heterocycles. The van der Waals surface area contributed by atoms with E-state index >= 15 is 0 Å². The first-order valence-corrected chi connectivity index (χ1v) is 6.64. The number of rotatable bonds is 4. The summed E-state index contributed by atoms with van der Waals surface area (Å²) < 4.78 is 0. The van der Waals surface area contributed by atoms with E-state index in [1.54, 1.807) is 24.4 Å². The fraction of sp³-hybridized carbons (Fsp3) is 0. The molecule has 0 aliphatic rings. The minimum absolute atomic E-state index is 0.677. The molecule has 0 spiro atoms. The lowest BCUT2D eigenvalue weighted by atomic mass is 10.2. The second-order valence-corrected chi connectivity index (χ2v) is 5.12. The van der Waals surface area contributed by atoms with Gasteiger partial charge in [-0.3, -0.25) is 0 Å². The topological polar surface area (TPSA) is 50.2 Å². The minimum atomic E-state index is -0.980. The number of nitrogens with zero attached hydrogens (tertiary/aromatic N) is 1. The Morgan fingerprint density at radius 2 is 2.00 bits per heavy atom. The van der Waals surface area contributed by atoms with Gasteiger partial charge in [0.15, 0.2) is 0 Å². The van der Waals surface area contributed by atoms with E-state index in [9.17, 15) is 4.79 Å². The third-order valence-corrected chi connectivity index (χ3v) is 3.53. The molecular weight excluding hydrogens is 282 g/mol. The second-order valence-electron chi connectivity index (χ2n) is 3.63. The summed E-state index contributed by atoms with van der Waals surface area (Å²) in [6.45, 7) is 0. The molecule has 0 bridgehead atoms. The molecule has 5 heteroatoms. The van der Waals surface area contributed by atoms with Gasteiger partial charge in [-0.25, -0.2) is 9.78 Å². The Balaban J connectivity index is 2.24. The van der Waals surface area contributed by atoms with Crippen LogP contribution in [0.4, 0.5) is 0 Å². The number of carbonyl (C=O) groups is 1. The normalized spacial score (nSPS) is 10.8. The molecule has 0 amide bonds. The fourth-order valence-corrected chi connectivity index (χ4v) is 2.38. The van der Waals surface area contributed by atoms with Gasteiger partial charge in [-0.05, 0) is 36.4 Å². The molecule has 0 radical (unpaired) electrons. The number of aliphatic carboxylic acids is 1. The molecule has 1 aromatic carbocycles. The van der Waals surface area contributed by atoms with E-state index in [2.05, 4.69) is 4.98 Å². The quantitative estimate of drug-likeness (QED) is 0.866. The minimum Gasteiger partial charge on any atom is -0.478 e. The first kappa shape index (κ1) is 13.6. The summed E-state index contributed by atoms with van der Waals surface area (Å²) in [4.78, 5) is 15.8. The summed E-state index contributed by atoms with van der Waals surface area (Å²) in [5.74, 6) is -0.980. The van der Waals surface area contributed by atoms with Crippen molar-refractivity contribution in [2.24, 2.45) is 0 Å². The lowest BCUT2D eigenvalue weighted by Gasteiger charge is -2.04. The number of hydrogen-bond donors (Lipinski definition) is 1. The molecule has 0 saturated heterocycles. The van der Waals surface area contributed by atoms with Crippen molar-refractivity contribution in [2.75, 3.05) is 0 Å². The van der Waals surface area contributed by atoms with Crippen molar-refractivity contribution in [3.05, 3.63) is 59.3 Å². The van der Waals surface area contributed by atoms with Crippen LogP contribution in [-0.4, -0.2) is 16.1 Å². The Morgan fingerprint density at radius 1 is 1.26 bits per heavy atom. The van der Waals surface area contributed by atoms with Gasteiger partial charge in [0.05, 0.1) is 0 Å². The molecule has 1 N–H and O–H groups in total. The van der Waals surface area contributed by atoms with E-state index in [-0.39, 0.29) is 0 Å². The van der Waals surface area contributed by atoms with Crippen LogP contribution in [0.2, 0.25) is 5.02 Å². The highest BCUT2D eigenvalue weighted by molar-refractivity contribution is 7.99. The van der Waals surface area contributed by atoms with E-state index in [0.29, 0.717) is 5.02 Å². The van der Waals surface area contributed by atoms with Crippen LogP contribution in [0.3, 0.4) is 0 Å². The zero-order chi connectivity index (χ0) is 13.7. The van der Waals surface area contributed by atoms with E-state index in [1.807, 2.05) is 18.2 Å². The van der Waals surface area contributed by atoms with E-state index in [1.165, 1.54) is 17.8 Å². The molecule has 1 heterocycles. The third kappa shape index (κ3) is 4.12. The first-order chi connectivity index (χ1) is 9.15. The predicted molar refractivity (Wildman–Crippen MR) is 76.5 cm³/mol. The Labute approximate surface area is 119 Å². The van der Waals surface area contributed by atoms with Gasteiger partial charge >= 0.3 is 5.97 Å². The summed E-state index contributed by atoms with van der Waals surface area (Å²) in [5, 5.41) is 10.1. The zero-order valence-corrected chi connectivity index (χ0v) is 11.4. The van der Waals surface area contributed by atoms with Gasteiger partial charge in [-0.15, -0.1) is 0 Å². The van der Waals surface area contributed by atoms with Gasteiger partial charge in [-0.2, -0.15) is 0 Å². The Morgan fingerprint density at radius 3 is 2.68 bits per heavy atom. The van der Waals surface area contributed by atoms with Crippen LogP contribution in [0, 0.1) is 0 Å². The molecule has 96 valence electrons. The summed E-state index contributed by atoms with van der Waals surface area (Å²) >= 11 is 7.29. The molecule has 0 aliphatic carbocycles. The Bertz CT molecular complexity index is 611. The average molecular weight is 292 g/mol. The third-order valence-electron chi connectivity index (χ3n) is 2.23. The van der Waals surface area contributed by atoms with Crippen LogP contribution in [0.1, 0.15) is 5.56 Å². The predicted octanol–water partition coefficient (Wildman–Crippen LogP) is 3.98. The molecule has 0 atom stereocenters. The Hall–Kier alpha value is -1.78. The van der Waals surface area contributed by atoms with Gasteiger partial charge in [0, 0.05) is 27.8 Å². The van der Waals surface area contributed by atoms with E-state index < -0.39 is 5.97 Å². The highest BCUT2D eigenvalue weighted by Crippen LogP contribution is 2.29. The first-order valence-electron chi connectivity index (χ1n) is 5.44. The highest BCUT2D eigenvalue weighted by atomic mass is 35.5. The molecule has 2 rings (SSSR count). The van der Waals surface area contributed by atoms with Gasteiger partial charge in [0.1, 0.15) is 5.03 Å². The number of benzene rings is 1. The van der Waals surface area contributed by atoms with Gasteiger partial charge in [-0.1, -0.05) is 29.4 Å². The zero-order valence-electron chi connectivity index (χ0n) is 9.79. The van der Waals surface area contributed by atoms with Crippen LogP contribution in [0.15, 0.2) is 58.6 Å². The van der Waals surface area contributed by atoms with Crippen molar-refractivity contribution >= 4 is 35.4 Å². The molecule has 0 saturated carbocycles. The maximum Gasteiger partial charge on any atom is 0.328 e. The highest BCUT2D eigenvalue weighted by Gasteiger charge is 2.03. The molecular formula is C14H10ClNO2S. The summed E-state index contributed by atoms with van der Waals surface area (Å²) in [6.07, 6.45) is 4.31. The van der Waals surface area contributed by atoms with Crippen LogP contribution < -0.4 is 0 Å². The van der Waals surface area contributed by atoms with Gasteiger partial charge < -0.3 is 5.11 Å². The van der Waals surface area contributed by atoms with Gasteiger partial charge in [0.25, 0.3) is 0 Å². The number of carboxylic acids is 1. The van der Waals surface area contributed by atoms with Crippen LogP contribution in [0.5, 0.6) is 0 Å². The van der Waals surface area contributed by atoms with Crippen LogP contribution in [0.25, 0.3) is 6.08 Å². The van der Waals surface area contributed by atoms with Crippen molar-refractivity contribution in [1.82, 2.24) is 4.98 Å². The van der Waals surface area contributed by atoms with Crippen molar-refractivity contribution in [1.29, 1.82) is 0 Å². The number of hydrogen-bond acceptors (Lipinski definition) is 3. The molecule has 2 aromatic rings. The second kappa shape index (κ2) is 6.41. The molecule has 3 nitrogen and oxygen atoms in total. The Kier molecular flexibility index (Phi) is 4.60. The number of pyridine rings is 1. The standard InChI is InChI=1S/C14H10ClNO2S/c15-11-4-6-12(7-5-11)19-14-10(2-1-9-16-14)3-8-13(17)18/h1-9H,(H,17,18)/b8-3+. The SMILES string of the molecule is O=C(O)/C=C/c1cccnc1Sc1ccc(Cl)cc1. The average Bonchev–Trinajstić information content (AvgIpc) is 2.40. The van der Waals surface area contributed by atoms with E-state index in [4.69, 9.17) is 16.7 Å². The smallest absolute Gasteiger partial charge is 0.328 e. The molecule has 0 fully saturated rings. The van der Waals surface area contributed by atoms with Crippen molar-refractivity contribution in [3.63, 3.8) is 0 Å². The molecule has 0 unspecified atom stereocenters. The lowest BCUT2D eigenvalue weighted by molar-refractivity contribution is -0.131. The van der Waals surface area contributed by atoms with Gasteiger partial charge in [0.2, 0.25) is 0 Å². The monoisotopic (exact) mass is 291 g/mol. The summed E-state index contributed by atoms with van der Waals surface area (Å²) in [5.41, 5.74) is 0.768. The maximum atomic E-state index is 10.6.